The number of hydrogen-bond acceptors (Lipinski definition) is 4. The van der Waals surface area contributed by atoms with Gasteiger partial charge in [0.15, 0.2) is 5.69 Å². The van der Waals surface area contributed by atoms with Crippen LogP contribution in [0.4, 0.5) is 0 Å². The molecular formula is C12H15N3O3. The van der Waals surface area contributed by atoms with Crippen molar-refractivity contribution < 1.29 is 14.1 Å². The van der Waals surface area contributed by atoms with E-state index in [4.69, 9.17) is 4.52 Å². The number of nitrogens with zero attached hydrogens (tertiary/aromatic N) is 1. The SMILES string of the molecule is O=C1CCC(NC(=O)c2cc(C3CC3)on2)CN1. The summed E-state index contributed by atoms with van der Waals surface area (Å²) in [6.07, 6.45) is 3.36. The maximum Gasteiger partial charge on any atom is 0.273 e. The third-order valence-corrected chi connectivity index (χ3v) is 3.34. The van der Waals surface area contributed by atoms with Gasteiger partial charge < -0.3 is 15.2 Å². The zero-order valence-corrected chi connectivity index (χ0v) is 9.94. The van der Waals surface area contributed by atoms with Gasteiger partial charge in [0.1, 0.15) is 5.76 Å². The van der Waals surface area contributed by atoms with E-state index in [2.05, 4.69) is 15.8 Å². The molecule has 1 aliphatic heterocycles. The van der Waals surface area contributed by atoms with E-state index in [1.807, 2.05) is 0 Å². The first-order valence-corrected chi connectivity index (χ1v) is 6.26. The van der Waals surface area contributed by atoms with Crippen molar-refractivity contribution >= 4 is 11.8 Å². The monoisotopic (exact) mass is 249 g/mol. The lowest BCUT2D eigenvalue weighted by atomic mass is 10.1. The Kier molecular flexibility index (Phi) is 2.77. The van der Waals surface area contributed by atoms with Crippen LogP contribution in [0.25, 0.3) is 0 Å². The van der Waals surface area contributed by atoms with Gasteiger partial charge in [-0.3, -0.25) is 9.59 Å². The first-order valence-electron chi connectivity index (χ1n) is 6.26. The number of amides is 2. The number of carbonyl (C=O) groups excluding carboxylic acids is 2. The highest BCUT2D eigenvalue weighted by Gasteiger charge is 2.29. The summed E-state index contributed by atoms with van der Waals surface area (Å²) in [5, 5.41) is 9.36. The molecule has 2 N–H and O–H groups in total. The molecule has 1 unspecified atom stereocenters. The molecule has 6 heteroatoms. The van der Waals surface area contributed by atoms with E-state index in [9.17, 15) is 9.59 Å². The Morgan fingerprint density at radius 3 is 2.94 bits per heavy atom. The van der Waals surface area contributed by atoms with Crippen LogP contribution in [0.5, 0.6) is 0 Å². The lowest BCUT2D eigenvalue weighted by Crippen LogP contribution is -2.47. The molecule has 1 saturated heterocycles. The minimum Gasteiger partial charge on any atom is -0.360 e. The molecule has 0 aromatic carbocycles. The fraction of sp³-hybridized carbons (Fsp3) is 0.583. The largest absolute Gasteiger partial charge is 0.360 e. The summed E-state index contributed by atoms with van der Waals surface area (Å²) < 4.78 is 5.14. The van der Waals surface area contributed by atoms with E-state index >= 15 is 0 Å². The minimum atomic E-state index is -0.230. The molecule has 3 rings (SSSR count). The topological polar surface area (TPSA) is 84.2 Å². The predicted molar refractivity (Wildman–Crippen MR) is 62.0 cm³/mol. The van der Waals surface area contributed by atoms with Gasteiger partial charge in [0, 0.05) is 31.0 Å². The normalized spacial score (nSPS) is 23.6. The summed E-state index contributed by atoms with van der Waals surface area (Å²) in [4.78, 5) is 22.9. The fourth-order valence-electron chi connectivity index (χ4n) is 2.07. The predicted octanol–water partition coefficient (Wildman–Crippen LogP) is 0.560. The van der Waals surface area contributed by atoms with Crippen LogP contribution in [0.1, 0.15) is 47.8 Å². The molecule has 0 bridgehead atoms. The standard InChI is InChI=1S/C12H15N3O3/c16-11-4-3-8(6-13-11)14-12(17)9-5-10(18-15-9)7-1-2-7/h5,7-8H,1-4,6H2,(H,13,16)(H,14,17). The molecule has 0 spiro atoms. The van der Waals surface area contributed by atoms with Crippen molar-refractivity contribution in [2.45, 2.75) is 37.6 Å². The molecule has 96 valence electrons. The smallest absolute Gasteiger partial charge is 0.273 e. The van der Waals surface area contributed by atoms with Crippen LogP contribution in [0.15, 0.2) is 10.6 Å². The minimum absolute atomic E-state index is 0.0173. The van der Waals surface area contributed by atoms with Gasteiger partial charge in [-0.2, -0.15) is 0 Å². The van der Waals surface area contributed by atoms with Crippen molar-refractivity contribution in [1.82, 2.24) is 15.8 Å². The van der Waals surface area contributed by atoms with Crippen LogP contribution in [-0.4, -0.2) is 29.6 Å². The summed E-state index contributed by atoms with van der Waals surface area (Å²) in [5.41, 5.74) is 0.328. The quantitative estimate of drug-likeness (QED) is 0.819. The first kappa shape index (κ1) is 11.3. The molecule has 1 atom stereocenters. The van der Waals surface area contributed by atoms with Crippen molar-refractivity contribution in [3.8, 4) is 0 Å². The average molecular weight is 249 g/mol. The maximum atomic E-state index is 11.9. The van der Waals surface area contributed by atoms with E-state index < -0.39 is 0 Å². The maximum absolute atomic E-state index is 11.9. The Balaban J connectivity index is 1.58. The van der Waals surface area contributed by atoms with Gasteiger partial charge in [-0.05, 0) is 19.3 Å². The van der Waals surface area contributed by atoms with E-state index in [0.717, 1.165) is 18.6 Å². The molecule has 2 fully saturated rings. The molecule has 18 heavy (non-hydrogen) atoms. The number of piperidine rings is 1. The second-order valence-electron chi connectivity index (χ2n) is 4.90. The Morgan fingerprint density at radius 1 is 1.44 bits per heavy atom. The van der Waals surface area contributed by atoms with E-state index in [1.54, 1.807) is 6.07 Å². The number of rotatable bonds is 3. The molecule has 2 amide bonds. The zero-order valence-electron chi connectivity index (χ0n) is 9.94. The van der Waals surface area contributed by atoms with Crippen LogP contribution in [0, 0.1) is 0 Å². The third kappa shape index (κ3) is 2.37. The van der Waals surface area contributed by atoms with Crippen LogP contribution in [0.3, 0.4) is 0 Å². The fourth-order valence-corrected chi connectivity index (χ4v) is 2.07. The molecule has 0 radical (unpaired) electrons. The molecule has 1 saturated carbocycles. The lowest BCUT2D eigenvalue weighted by Gasteiger charge is -2.22. The Labute approximate surface area is 104 Å². The molecule has 1 aromatic rings. The van der Waals surface area contributed by atoms with Gasteiger partial charge in [-0.15, -0.1) is 0 Å². The van der Waals surface area contributed by atoms with Crippen molar-refractivity contribution in [3.05, 3.63) is 17.5 Å². The van der Waals surface area contributed by atoms with Crippen molar-refractivity contribution in [2.75, 3.05) is 6.54 Å². The van der Waals surface area contributed by atoms with Crippen molar-refractivity contribution in [2.24, 2.45) is 0 Å². The average Bonchev–Trinajstić information content (AvgIpc) is 3.10. The van der Waals surface area contributed by atoms with Crippen LogP contribution >= 0.6 is 0 Å². The lowest BCUT2D eigenvalue weighted by molar-refractivity contribution is -0.122. The number of carbonyl (C=O) groups is 2. The summed E-state index contributed by atoms with van der Waals surface area (Å²) in [6.45, 7) is 0.484. The Hall–Kier alpha value is -1.85. The second kappa shape index (κ2) is 4.44. The van der Waals surface area contributed by atoms with E-state index in [0.29, 0.717) is 31.0 Å². The zero-order chi connectivity index (χ0) is 12.5. The summed E-state index contributed by atoms with van der Waals surface area (Å²) in [7, 11) is 0. The van der Waals surface area contributed by atoms with Gasteiger partial charge in [-0.25, -0.2) is 0 Å². The van der Waals surface area contributed by atoms with E-state index in [-0.39, 0.29) is 17.9 Å². The van der Waals surface area contributed by atoms with Gasteiger partial charge >= 0.3 is 0 Å². The summed E-state index contributed by atoms with van der Waals surface area (Å²) >= 11 is 0. The van der Waals surface area contributed by atoms with Gasteiger partial charge in [0.05, 0.1) is 0 Å². The van der Waals surface area contributed by atoms with E-state index in [1.165, 1.54) is 0 Å². The molecule has 1 aromatic heterocycles. The Morgan fingerprint density at radius 2 is 2.28 bits per heavy atom. The van der Waals surface area contributed by atoms with Crippen molar-refractivity contribution in [3.63, 3.8) is 0 Å². The first-order chi connectivity index (χ1) is 8.72. The molecule has 1 aliphatic carbocycles. The highest BCUT2D eigenvalue weighted by Crippen LogP contribution is 2.40. The van der Waals surface area contributed by atoms with Gasteiger partial charge in [0.25, 0.3) is 5.91 Å². The third-order valence-electron chi connectivity index (χ3n) is 3.34. The van der Waals surface area contributed by atoms with Crippen LogP contribution in [0.2, 0.25) is 0 Å². The van der Waals surface area contributed by atoms with Crippen LogP contribution in [-0.2, 0) is 4.79 Å². The summed E-state index contributed by atoms with van der Waals surface area (Å²) in [6, 6.07) is 1.70. The second-order valence-corrected chi connectivity index (χ2v) is 4.90. The highest BCUT2D eigenvalue weighted by molar-refractivity contribution is 5.92. The Bertz CT molecular complexity index is 469. The molecule has 6 nitrogen and oxygen atoms in total. The summed E-state index contributed by atoms with van der Waals surface area (Å²) in [5.74, 6) is 1.06. The molecule has 2 aliphatic rings. The molecule has 2 heterocycles. The van der Waals surface area contributed by atoms with Crippen molar-refractivity contribution in [1.29, 1.82) is 0 Å². The number of hydrogen-bond donors (Lipinski definition) is 2. The van der Waals surface area contributed by atoms with Crippen LogP contribution < -0.4 is 10.6 Å². The highest BCUT2D eigenvalue weighted by atomic mass is 16.5. The van der Waals surface area contributed by atoms with Gasteiger partial charge in [0.2, 0.25) is 5.91 Å². The number of nitrogens with one attached hydrogen (secondary N) is 2. The molecular weight excluding hydrogens is 234 g/mol. The van der Waals surface area contributed by atoms with Gasteiger partial charge in [-0.1, -0.05) is 5.16 Å². The number of aromatic nitrogens is 1.